The van der Waals surface area contributed by atoms with Crippen LogP contribution in [-0.2, 0) is 11.3 Å². The number of carbonyl (C=O) groups excluding carboxylic acids is 1. The van der Waals surface area contributed by atoms with Gasteiger partial charge in [-0.25, -0.2) is 4.79 Å². The van der Waals surface area contributed by atoms with Crippen LogP contribution >= 0.6 is 0 Å². The lowest BCUT2D eigenvalue weighted by Gasteiger charge is -2.29. The van der Waals surface area contributed by atoms with Crippen molar-refractivity contribution >= 4 is 12.1 Å². The Morgan fingerprint density at radius 2 is 1.82 bits per heavy atom. The van der Waals surface area contributed by atoms with E-state index in [2.05, 4.69) is 20.9 Å². The summed E-state index contributed by atoms with van der Waals surface area (Å²) in [6.45, 7) is 14.5. The van der Waals surface area contributed by atoms with E-state index in [0.717, 1.165) is 11.3 Å². The lowest BCUT2D eigenvalue weighted by molar-refractivity contribution is 0.0474. The van der Waals surface area contributed by atoms with Gasteiger partial charge in [0.1, 0.15) is 11.4 Å². The third kappa shape index (κ3) is 10.0. The van der Waals surface area contributed by atoms with E-state index < -0.39 is 17.2 Å². The topological polar surface area (TPSA) is 84.0 Å². The number of hydrogen-bond acceptors (Lipinski definition) is 4. The average Bonchev–Trinajstić information content (AvgIpc) is 2.52. The number of rotatable bonds is 7. The van der Waals surface area contributed by atoms with Gasteiger partial charge >= 0.3 is 6.09 Å². The van der Waals surface area contributed by atoms with Crippen LogP contribution in [0.4, 0.5) is 4.79 Å². The number of amides is 1. The fourth-order valence-electron chi connectivity index (χ4n) is 2.34. The van der Waals surface area contributed by atoms with Crippen LogP contribution in [0.1, 0.15) is 54.0 Å². The maximum absolute atomic E-state index is 12.0. The Labute approximate surface area is 169 Å². The van der Waals surface area contributed by atoms with Crippen molar-refractivity contribution in [1.82, 2.24) is 16.0 Å². The second-order valence-corrected chi connectivity index (χ2v) is 8.60. The largest absolute Gasteiger partial charge is 0.491 e. The summed E-state index contributed by atoms with van der Waals surface area (Å²) < 4.78 is 11.0. The molecule has 0 aliphatic heterocycles. The van der Waals surface area contributed by atoms with Crippen LogP contribution in [0.3, 0.4) is 0 Å². The Balaban J connectivity index is 2.53. The molecule has 0 fully saturated rings. The third-order valence-electron chi connectivity index (χ3n) is 3.49. The van der Waals surface area contributed by atoms with Gasteiger partial charge < -0.3 is 25.4 Å². The van der Waals surface area contributed by atoms with Gasteiger partial charge in [-0.2, -0.15) is 0 Å². The Morgan fingerprint density at radius 3 is 2.39 bits per heavy atom. The van der Waals surface area contributed by atoms with Crippen molar-refractivity contribution in [2.75, 3.05) is 13.6 Å². The van der Waals surface area contributed by atoms with E-state index in [0.29, 0.717) is 19.0 Å². The molecule has 1 aromatic carbocycles. The number of carbonyl (C=O) groups is 1. The normalized spacial score (nSPS) is 12.5. The second-order valence-electron chi connectivity index (χ2n) is 8.60. The molecule has 1 rings (SSSR count). The van der Waals surface area contributed by atoms with Crippen molar-refractivity contribution in [3.8, 4) is 5.75 Å². The molecule has 3 N–H and O–H groups in total. The molecule has 1 aromatic rings. The van der Waals surface area contributed by atoms with E-state index in [9.17, 15) is 4.79 Å². The standard InChI is InChI=1S/C21H36N4O3/c1-15(2)27-17-11-9-10-16(12-17)13-23-18(22-8)24-14-21(6,7)25-19(26)28-20(3,4)5/h9-12,15H,13-14H2,1-8H3,(H,25,26)(H2,22,23,24). The molecule has 0 atom stereocenters. The van der Waals surface area contributed by atoms with E-state index in [-0.39, 0.29) is 6.10 Å². The maximum Gasteiger partial charge on any atom is 0.408 e. The molecule has 0 heterocycles. The van der Waals surface area contributed by atoms with Crippen LogP contribution < -0.4 is 20.7 Å². The first-order valence-corrected chi connectivity index (χ1v) is 9.61. The van der Waals surface area contributed by atoms with Crippen LogP contribution in [0.25, 0.3) is 0 Å². The monoisotopic (exact) mass is 392 g/mol. The predicted octanol–water partition coefficient (Wildman–Crippen LogP) is 3.44. The molecule has 7 nitrogen and oxygen atoms in total. The molecule has 0 aromatic heterocycles. The van der Waals surface area contributed by atoms with Crippen molar-refractivity contribution < 1.29 is 14.3 Å². The molecule has 0 aliphatic rings. The zero-order valence-electron chi connectivity index (χ0n) is 18.5. The lowest BCUT2D eigenvalue weighted by Crippen LogP contribution is -2.54. The molecule has 158 valence electrons. The minimum Gasteiger partial charge on any atom is -0.491 e. The highest BCUT2D eigenvalue weighted by Gasteiger charge is 2.24. The molecule has 0 spiro atoms. The third-order valence-corrected chi connectivity index (χ3v) is 3.49. The number of guanidine groups is 1. The molecule has 0 radical (unpaired) electrons. The average molecular weight is 393 g/mol. The summed E-state index contributed by atoms with van der Waals surface area (Å²) in [5.41, 5.74) is 0.0523. The number of nitrogens with one attached hydrogen (secondary N) is 3. The first-order valence-electron chi connectivity index (χ1n) is 9.61. The number of hydrogen-bond donors (Lipinski definition) is 3. The van der Waals surface area contributed by atoms with Crippen molar-refractivity contribution in [1.29, 1.82) is 0 Å². The van der Waals surface area contributed by atoms with Gasteiger partial charge in [0.15, 0.2) is 5.96 Å². The van der Waals surface area contributed by atoms with Crippen LogP contribution in [-0.4, -0.2) is 42.9 Å². The molecular formula is C21H36N4O3. The van der Waals surface area contributed by atoms with Crippen molar-refractivity contribution in [3.63, 3.8) is 0 Å². The zero-order valence-corrected chi connectivity index (χ0v) is 18.5. The Morgan fingerprint density at radius 1 is 1.14 bits per heavy atom. The minimum absolute atomic E-state index is 0.136. The van der Waals surface area contributed by atoms with E-state index in [1.54, 1.807) is 7.05 Å². The van der Waals surface area contributed by atoms with Gasteiger partial charge in [0.2, 0.25) is 0 Å². The van der Waals surface area contributed by atoms with E-state index >= 15 is 0 Å². The molecule has 0 aliphatic carbocycles. The Hall–Kier alpha value is -2.44. The second kappa shape index (κ2) is 10.2. The maximum atomic E-state index is 12.0. The van der Waals surface area contributed by atoms with Crippen LogP contribution in [0, 0.1) is 0 Å². The summed E-state index contributed by atoms with van der Waals surface area (Å²) in [4.78, 5) is 16.2. The molecular weight excluding hydrogens is 356 g/mol. The Kier molecular flexibility index (Phi) is 8.60. The molecule has 0 saturated carbocycles. The summed E-state index contributed by atoms with van der Waals surface area (Å²) in [6, 6.07) is 7.95. The first kappa shape index (κ1) is 23.6. The van der Waals surface area contributed by atoms with Gasteiger partial charge in [-0.1, -0.05) is 12.1 Å². The van der Waals surface area contributed by atoms with Gasteiger partial charge in [0, 0.05) is 20.1 Å². The number of benzene rings is 1. The quantitative estimate of drug-likeness (QED) is 0.489. The highest BCUT2D eigenvalue weighted by Crippen LogP contribution is 2.14. The summed E-state index contributed by atoms with van der Waals surface area (Å²) in [6.07, 6.45) is -0.304. The molecule has 0 bridgehead atoms. The molecule has 1 amide bonds. The smallest absolute Gasteiger partial charge is 0.408 e. The Bertz CT molecular complexity index is 664. The number of alkyl carbamates (subject to hydrolysis) is 1. The predicted molar refractivity (Wildman–Crippen MR) is 114 cm³/mol. The van der Waals surface area contributed by atoms with Crippen molar-refractivity contribution in [2.45, 2.75) is 72.3 Å². The summed E-state index contributed by atoms with van der Waals surface area (Å²) in [7, 11) is 1.71. The van der Waals surface area contributed by atoms with Crippen molar-refractivity contribution in [2.24, 2.45) is 4.99 Å². The van der Waals surface area contributed by atoms with Crippen LogP contribution in [0.15, 0.2) is 29.3 Å². The fraction of sp³-hybridized carbons (Fsp3) is 0.619. The zero-order chi connectivity index (χ0) is 21.4. The van der Waals surface area contributed by atoms with Crippen molar-refractivity contribution in [3.05, 3.63) is 29.8 Å². The SMILES string of the molecule is CN=C(NCc1cccc(OC(C)C)c1)NCC(C)(C)NC(=O)OC(C)(C)C. The molecule has 0 unspecified atom stereocenters. The fourth-order valence-corrected chi connectivity index (χ4v) is 2.34. The highest BCUT2D eigenvalue weighted by atomic mass is 16.6. The van der Waals surface area contributed by atoms with Gasteiger partial charge in [-0.05, 0) is 66.2 Å². The summed E-state index contributed by atoms with van der Waals surface area (Å²) in [5, 5.41) is 9.37. The van der Waals surface area contributed by atoms with Gasteiger partial charge in [-0.3, -0.25) is 4.99 Å². The van der Waals surface area contributed by atoms with Gasteiger partial charge in [0.25, 0.3) is 0 Å². The number of aliphatic imine (C=N–C) groups is 1. The van der Waals surface area contributed by atoms with Crippen LogP contribution in [0.2, 0.25) is 0 Å². The van der Waals surface area contributed by atoms with Crippen LogP contribution in [0.5, 0.6) is 5.75 Å². The molecule has 0 saturated heterocycles. The number of nitrogens with zero attached hydrogens (tertiary/aromatic N) is 1. The summed E-state index contributed by atoms with van der Waals surface area (Å²) >= 11 is 0. The molecule has 28 heavy (non-hydrogen) atoms. The van der Waals surface area contributed by atoms with Gasteiger partial charge in [-0.15, -0.1) is 0 Å². The minimum atomic E-state index is -0.529. The van der Waals surface area contributed by atoms with E-state index in [4.69, 9.17) is 9.47 Å². The summed E-state index contributed by atoms with van der Waals surface area (Å²) in [5.74, 6) is 1.49. The van der Waals surface area contributed by atoms with Gasteiger partial charge in [0.05, 0.1) is 11.6 Å². The highest BCUT2D eigenvalue weighted by molar-refractivity contribution is 5.79. The molecule has 7 heteroatoms. The number of ether oxygens (including phenoxy) is 2. The van der Waals surface area contributed by atoms with E-state index in [1.807, 2.05) is 72.7 Å². The van der Waals surface area contributed by atoms with E-state index in [1.165, 1.54) is 0 Å². The first-order chi connectivity index (χ1) is 12.9. The lowest BCUT2D eigenvalue weighted by atomic mass is 10.1.